The lowest BCUT2D eigenvalue weighted by Crippen LogP contribution is -2.39. The third kappa shape index (κ3) is 3.84. The molecule has 0 aromatic carbocycles. The zero-order chi connectivity index (χ0) is 14.4. The minimum absolute atomic E-state index is 0.0449. The molecule has 5 nitrogen and oxygen atoms in total. The van der Waals surface area contributed by atoms with Crippen LogP contribution < -0.4 is 5.73 Å². The lowest BCUT2D eigenvalue weighted by Gasteiger charge is -2.30. The molecular weight excluding hydrogens is 254 g/mol. The van der Waals surface area contributed by atoms with Gasteiger partial charge in [-0.25, -0.2) is 0 Å². The molecular formula is C15H21N3O2. The summed E-state index contributed by atoms with van der Waals surface area (Å²) in [5.74, 6) is 0.927. The van der Waals surface area contributed by atoms with E-state index in [1.807, 2.05) is 12.1 Å². The lowest BCUT2D eigenvalue weighted by molar-refractivity contribution is -0.137. The van der Waals surface area contributed by atoms with Gasteiger partial charge in [0.05, 0.1) is 25.3 Å². The number of amides is 1. The minimum Gasteiger partial charge on any atom is -0.467 e. The Morgan fingerprint density at radius 3 is 2.80 bits per heavy atom. The molecule has 1 aliphatic rings. The highest BCUT2D eigenvalue weighted by Crippen LogP contribution is 2.25. The largest absolute Gasteiger partial charge is 0.467 e. The molecule has 0 aliphatic heterocycles. The van der Waals surface area contributed by atoms with Crippen LogP contribution in [0.4, 0.5) is 0 Å². The Kier molecular flexibility index (Phi) is 5.19. The number of carbonyl (C=O) groups is 1. The van der Waals surface area contributed by atoms with Gasteiger partial charge in [-0.3, -0.25) is 4.79 Å². The van der Waals surface area contributed by atoms with Crippen molar-refractivity contribution < 1.29 is 9.21 Å². The second-order valence-corrected chi connectivity index (χ2v) is 5.36. The van der Waals surface area contributed by atoms with E-state index in [0.717, 1.165) is 31.4 Å². The molecule has 1 amide bonds. The zero-order valence-electron chi connectivity index (χ0n) is 11.6. The summed E-state index contributed by atoms with van der Waals surface area (Å²) in [5, 5.41) is 8.74. The van der Waals surface area contributed by atoms with Gasteiger partial charge in [0.15, 0.2) is 0 Å². The van der Waals surface area contributed by atoms with Crippen molar-refractivity contribution in [1.29, 1.82) is 5.26 Å². The molecule has 0 atom stereocenters. The Balaban J connectivity index is 1.98. The summed E-state index contributed by atoms with van der Waals surface area (Å²) in [4.78, 5) is 14.3. The number of nitrogens with two attached hydrogens (primary N) is 1. The van der Waals surface area contributed by atoms with Gasteiger partial charge in [0.25, 0.3) is 0 Å². The number of nitrogens with zero attached hydrogens (tertiary/aromatic N) is 2. The van der Waals surface area contributed by atoms with Crippen LogP contribution in [0.5, 0.6) is 0 Å². The summed E-state index contributed by atoms with van der Waals surface area (Å²) >= 11 is 0. The van der Waals surface area contributed by atoms with Gasteiger partial charge in [-0.05, 0) is 37.8 Å². The Morgan fingerprint density at radius 1 is 1.45 bits per heavy atom. The molecule has 1 aromatic rings. The van der Waals surface area contributed by atoms with E-state index in [0.29, 0.717) is 19.5 Å². The standard InChI is InChI=1S/C15H21N3O2/c16-8-2-9-18(11-14-3-1-10-20-14)15(19)12-4-6-13(17)7-5-12/h1,3,10,12-13H,2,4-7,9,11,17H2. The first-order valence-electron chi connectivity index (χ1n) is 7.14. The van der Waals surface area contributed by atoms with E-state index in [2.05, 4.69) is 6.07 Å². The highest BCUT2D eigenvalue weighted by molar-refractivity contribution is 5.78. The predicted molar refractivity (Wildman–Crippen MR) is 74.3 cm³/mol. The smallest absolute Gasteiger partial charge is 0.226 e. The van der Waals surface area contributed by atoms with Crippen molar-refractivity contribution in [1.82, 2.24) is 4.90 Å². The van der Waals surface area contributed by atoms with Crippen LogP contribution in [0, 0.1) is 17.2 Å². The van der Waals surface area contributed by atoms with Gasteiger partial charge < -0.3 is 15.1 Å². The predicted octanol–water partition coefficient (Wildman–Crippen LogP) is 2.04. The van der Waals surface area contributed by atoms with Gasteiger partial charge in [-0.1, -0.05) is 0 Å². The topological polar surface area (TPSA) is 83.3 Å². The number of furan rings is 1. The molecule has 1 aliphatic carbocycles. The monoisotopic (exact) mass is 275 g/mol. The minimum atomic E-state index is 0.0449. The molecule has 2 N–H and O–H groups in total. The fraction of sp³-hybridized carbons (Fsp3) is 0.600. The average Bonchev–Trinajstić information content (AvgIpc) is 2.96. The maximum Gasteiger partial charge on any atom is 0.226 e. The first-order valence-corrected chi connectivity index (χ1v) is 7.14. The molecule has 0 spiro atoms. The van der Waals surface area contributed by atoms with E-state index in [1.54, 1.807) is 11.2 Å². The number of rotatable bonds is 5. The number of nitriles is 1. The molecule has 2 rings (SSSR count). The molecule has 1 aromatic heterocycles. The summed E-state index contributed by atoms with van der Waals surface area (Å²) in [6.45, 7) is 0.897. The third-order valence-corrected chi connectivity index (χ3v) is 3.85. The molecule has 1 fully saturated rings. The van der Waals surface area contributed by atoms with E-state index in [9.17, 15) is 4.79 Å². The first-order chi connectivity index (χ1) is 9.70. The van der Waals surface area contributed by atoms with Gasteiger partial charge in [0.1, 0.15) is 5.76 Å². The average molecular weight is 275 g/mol. The molecule has 0 saturated heterocycles. The molecule has 5 heteroatoms. The summed E-state index contributed by atoms with van der Waals surface area (Å²) in [7, 11) is 0. The quantitative estimate of drug-likeness (QED) is 0.891. The van der Waals surface area contributed by atoms with Crippen LogP contribution in [0.3, 0.4) is 0 Å². The molecule has 0 unspecified atom stereocenters. The SMILES string of the molecule is N#CCCN(Cc1ccco1)C(=O)C1CCC(N)CC1. The summed E-state index contributed by atoms with van der Waals surface area (Å²) in [6, 6.07) is 5.99. The van der Waals surface area contributed by atoms with Crippen LogP contribution in [-0.2, 0) is 11.3 Å². The molecule has 1 saturated carbocycles. The van der Waals surface area contributed by atoms with E-state index in [4.69, 9.17) is 15.4 Å². The lowest BCUT2D eigenvalue weighted by atomic mass is 9.85. The highest BCUT2D eigenvalue weighted by atomic mass is 16.3. The van der Waals surface area contributed by atoms with Crippen molar-refractivity contribution in [2.45, 2.75) is 44.7 Å². The van der Waals surface area contributed by atoms with Crippen LogP contribution in [0.25, 0.3) is 0 Å². The van der Waals surface area contributed by atoms with E-state index < -0.39 is 0 Å². The Hall–Kier alpha value is -1.80. The van der Waals surface area contributed by atoms with Gasteiger partial charge in [0, 0.05) is 18.5 Å². The van der Waals surface area contributed by atoms with E-state index in [-0.39, 0.29) is 17.9 Å². The van der Waals surface area contributed by atoms with Gasteiger partial charge >= 0.3 is 0 Å². The second-order valence-electron chi connectivity index (χ2n) is 5.36. The van der Waals surface area contributed by atoms with Crippen molar-refractivity contribution >= 4 is 5.91 Å². The van der Waals surface area contributed by atoms with Crippen LogP contribution >= 0.6 is 0 Å². The van der Waals surface area contributed by atoms with Crippen molar-refractivity contribution in [3.05, 3.63) is 24.2 Å². The summed E-state index contributed by atoms with van der Waals surface area (Å²) < 4.78 is 5.30. The van der Waals surface area contributed by atoms with E-state index in [1.165, 1.54) is 0 Å². The maximum absolute atomic E-state index is 12.6. The Labute approximate surface area is 119 Å². The second kappa shape index (κ2) is 7.11. The first kappa shape index (κ1) is 14.6. The van der Waals surface area contributed by atoms with Crippen molar-refractivity contribution in [2.75, 3.05) is 6.54 Å². The normalized spacial score (nSPS) is 22.2. The van der Waals surface area contributed by atoms with Crippen LogP contribution in [0.15, 0.2) is 22.8 Å². The number of hydrogen-bond acceptors (Lipinski definition) is 4. The fourth-order valence-corrected chi connectivity index (χ4v) is 2.67. The van der Waals surface area contributed by atoms with Gasteiger partial charge in [0.2, 0.25) is 5.91 Å². The summed E-state index contributed by atoms with van der Waals surface area (Å²) in [6.07, 6.45) is 5.45. The van der Waals surface area contributed by atoms with Crippen molar-refractivity contribution in [3.63, 3.8) is 0 Å². The molecule has 20 heavy (non-hydrogen) atoms. The Morgan fingerprint density at radius 2 is 2.20 bits per heavy atom. The molecule has 1 heterocycles. The third-order valence-electron chi connectivity index (χ3n) is 3.85. The Bertz CT molecular complexity index is 456. The molecule has 0 bridgehead atoms. The van der Waals surface area contributed by atoms with Crippen LogP contribution in [0.2, 0.25) is 0 Å². The van der Waals surface area contributed by atoms with Crippen LogP contribution in [0.1, 0.15) is 37.9 Å². The number of carbonyl (C=O) groups excluding carboxylic acids is 1. The maximum atomic E-state index is 12.6. The van der Waals surface area contributed by atoms with Gasteiger partial charge in [-0.15, -0.1) is 0 Å². The van der Waals surface area contributed by atoms with Crippen molar-refractivity contribution in [3.8, 4) is 6.07 Å². The highest BCUT2D eigenvalue weighted by Gasteiger charge is 2.28. The van der Waals surface area contributed by atoms with Crippen molar-refractivity contribution in [2.24, 2.45) is 11.7 Å². The zero-order valence-corrected chi connectivity index (χ0v) is 11.6. The fourth-order valence-electron chi connectivity index (χ4n) is 2.67. The number of hydrogen-bond donors (Lipinski definition) is 1. The summed E-state index contributed by atoms with van der Waals surface area (Å²) in [5.41, 5.74) is 5.88. The van der Waals surface area contributed by atoms with Gasteiger partial charge in [-0.2, -0.15) is 5.26 Å². The van der Waals surface area contributed by atoms with Crippen LogP contribution in [-0.4, -0.2) is 23.4 Å². The molecule has 0 radical (unpaired) electrons. The molecule has 108 valence electrons. The van der Waals surface area contributed by atoms with E-state index >= 15 is 0 Å².